The quantitative estimate of drug-likeness (QED) is 0.241. The van der Waals surface area contributed by atoms with Gasteiger partial charge in [0.2, 0.25) is 0 Å². The van der Waals surface area contributed by atoms with Gasteiger partial charge in [-0.3, -0.25) is 0 Å². The number of aliphatic hydroxyl groups is 1. The monoisotopic (exact) mass is 530 g/mol. The minimum Gasteiger partial charge on any atom is -0.478 e. The van der Waals surface area contributed by atoms with E-state index in [-0.39, 0.29) is 6.61 Å². The van der Waals surface area contributed by atoms with Crippen LogP contribution in [0.5, 0.6) is 0 Å². The fraction of sp³-hybridized carbons (Fsp3) is 0.378. The molecule has 0 aromatic heterocycles. The lowest BCUT2D eigenvalue weighted by Gasteiger charge is -2.57. The molecule has 0 atom stereocenters. The van der Waals surface area contributed by atoms with Crippen LogP contribution in [0, 0.1) is 17.8 Å². The van der Waals surface area contributed by atoms with E-state index < -0.39 is 5.97 Å². The summed E-state index contributed by atoms with van der Waals surface area (Å²) in [5.41, 5.74) is 8.05. The van der Waals surface area contributed by atoms with Gasteiger partial charge in [0.15, 0.2) is 0 Å². The van der Waals surface area contributed by atoms with Crippen molar-refractivity contribution in [3.8, 4) is 11.1 Å². The zero-order chi connectivity index (χ0) is 27.3. The van der Waals surface area contributed by atoms with Gasteiger partial charge in [0.1, 0.15) is 0 Å². The number of hydrogen-bond donors (Lipinski definition) is 2. The smallest absolute Gasteiger partial charge is 0.335 e. The summed E-state index contributed by atoms with van der Waals surface area (Å²) in [4.78, 5) is 12.1. The summed E-state index contributed by atoms with van der Waals surface area (Å²) < 4.78 is 0. The molecule has 4 fully saturated rings. The Morgan fingerprint density at radius 3 is 2.15 bits per heavy atom. The van der Waals surface area contributed by atoms with Crippen LogP contribution in [-0.4, -0.2) is 22.8 Å². The number of carboxylic acid groups (broad SMARTS) is 1. The van der Waals surface area contributed by atoms with Crippen molar-refractivity contribution in [2.24, 2.45) is 17.8 Å². The minimum absolute atomic E-state index is 0.233. The Labute approximate surface area is 236 Å². The first-order valence-electron chi connectivity index (χ1n) is 15.1. The number of aliphatic hydroxyl groups excluding tert-OH is 1. The second-order valence-electron chi connectivity index (χ2n) is 12.9. The Morgan fingerprint density at radius 2 is 1.48 bits per heavy atom. The zero-order valence-corrected chi connectivity index (χ0v) is 23.1. The number of aryl methyl sites for hydroxylation is 1. The molecule has 0 amide bonds. The molecule has 4 aromatic carbocycles. The van der Waals surface area contributed by atoms with Crippen molar-refractivity contribution >= 4 is 16.7 Å². The van der Waals surface area contributed by atoms with Crippen LogP contribution in [0.2, 0.25) is 0 Å². The Bertz CT molecular complexity index is 1530. The molecule has 0 heterocycles. The van der Waals surface area contributed by atoms with Crippen LogP contribution in [0.15, 0.2) is 78.9 Å². The molecule has 8 rings (SSSR count). The fourth-order valence-electron chi connectivity index (χ4n) is 8.94. The van der Waals surface area contributed by atoms with Crippen molar-refractivity contribution in [2.45, 2.75) is 63.2 Å². The van der Waals surface area contributed by atoms with Crippen LogP contribution >= 0.6 is 0 Å². The predicted octanol–water partition coefficient (Wildman–Crippen LogP) is 8.19. The van der Waals surface area contributed by atoms with Gasteiger partial charge in [-0.1, -0.05) is 66.7 Å². The van der Waals surface area contributed by atoms with Gasteiger partial charge in [-0.15, -0.1) is 0 Å². The Hall–Kier alpha value is -3.43. The lowest BCUT2D eigenvalue weighted by molar-refractivity contribution is -0.00558. The average molecular weight is 531 g/mol. The number of carbonyl (C=O) groups is 1. The van der Waals surface area contributed by atoms with Crippen LogP contribution < -0.4 is 0 Å². The van der Waals surface area contributed by atoms with Crippen LogP contribution in [-0.2, 0) is 18.3 Å². The van der Waals surface area contributed by atoms with Crippen molar-refractivity contribution in [3.05, 3.63) is 107 Å². The van der Waals surface area contributed by atoms with Gasteiger partial charge < -0.3 is 10.2 Å². The molecule has 3 heteroatoms. The molecule has 204 valence electrons. The molecular weight excluding hydrogens is 492 g/mol. The van der Waals surface area contributed by atoms with Crippen molar-refractivity contribution in [2.75, 3.05) is 6.61 Å². The molecule has 2 N–H and O–H groups in total. The Morgan fingerprint density at radius 1 is 0.800 bits per heavy atom. The Balaban J connectivity index is 1.30. The maximum Gasteiger partial charge on any atom is 0.335 e. The number of benzene rings is 4. The molecular formula is C37H38O3. The van der Waals surface area contributed by atoms with Gasteiger partial charge in [-0.25, -0.2) is 4.79 Å². The van der Waals surface area contributed by atoms with E-state index >= 15 is 0 Å². The molecule has 3 nitrogen and oxygen atoms in total. The van der Waals surface area contributed by atoms with Crippen molar-refractivity contribution in [3.63, 3.8) is 0 Å². The fourth-order valence-corrected chi connectivity index (χ4v) is 8.94. The zero-order valence-electron chi connectivity index (χ0n) is 23.1. The van der Waals surface area contributed by atoms with Crippen LogP contribution in [0.4, 0.5) is 0 Å². The highest BCUT2D eigenvalue weighted by Gasteiger charge is 2.52. The molecule has 0 spiro atoms. The highest BCUT2D eigenvalue weighted by atomic mass is 16.4. The molecule has 4 aromatic rings. The maximum absolute atomic E-state index is 12.1. The van der Waals surface area contributed by atoms with Gasteiger partial charge in [0.25, 0.3) is 0 Å². The van der Waals surface area contributed by atoms with Crippen LogP contribution in [0.1, 0.15) is 77.6 Å². The van der Waals surface area contributed by atoms with E-state index in [1.807, 2.05) is 24.3 Å². The third-order valence-electron chi connectivity index (χ3n) is 10.2. The second-order valence-corrected chi connectivity index (χ2v) is 12.9. The van der Waals surface area contributed by atoms with Crippen molar-refractivity contribution < 1.29 is 15.0 Å². The van der Waals surface area contributed by atoms with Gasteiger partial charge >= 0.3 is 5.97 Å². The molecule has 0 aliphatic heterocycles. The topological polar surface area (TPSA) is 57.5 Å². The predicted molar refractivity (Wildman–Crippen MR) is 161 cm³/mol. The van der Waals surface area contributed by atoms with E-state index in [2.05, 4.69) is 48.5 Å². The van der Waals surface area contributed by atoms with Crippen molar-refractivity contribution in [1.29, 1.82) is 0 Å². The maximum atomic E-state index is 12.1. The van der Waals surface area contributed by atoms with E-state index in [1.54, 1.807) is 11.6 Å². The minimum atomic E-state index is -0.879. The number of hydrogen-bond acceptors (Lipinski definition) is 2. The standard InChI is InChI=1S/C37H38O3/c38-14-4-7-28-8-9-30(20-35(28)37-21-25-15-26(22-37)17-27(16-25)23-37)29-10-12-32-31(19-29)11-13-33(36(39)40)34(32)18-24-5-2-1-3-6-24/h1-3,5-6,8-13,19-20,25-27,38H,4,7,14-18,21-23H2,(H,39,40). The first-order chi connectivity index (χ1) is 19.5. The molecule has 4 saturated carbocycles. The summed E-state index contributed by atoms with van der Waals surface area (Å²) in [5, 5.41) is 21.7. The molecule has 0 saturated heterocycles. The van der Waals surface area contributed by atoms with Crippen LogP contribution in [0.3, 0.4) is 0 Å². The van der Waals surface area contributed by atoms with Crippen molar-refractivity contribution in [1.82, 2.24) is 0 Å². The van der Waals surface area contributed by atoms with Gasteiger partial charge in [0.05, 0.1) is 5.56 Å². The number of rotatable bonds is 8. The summed E-state index contributed by atoms with van der Waals surface area (Å²) >= 11 is 0. The van der Waals surface area contributed by atoms with E-state index in [4.69, 9.17) is 0 Å². The summed E-state index contributed by atoms with van der Waals surface area (Å²) in [6.45, 7) is 0.233. The molecule has 4 aliphatic carbocycles. The second kappa shape index (κ2) is 10.2. The van der Waals surface area contributed by atoms with E-state index in [0.29, 0.717) is 17.4 Å². The van der Waals surface area contributed by atoms with Gasteiger partial charge in [-0.05, 0) is 137 Å². The van der Waals surface area contributed by atoms with E-state index in [9.17, 15) is 15.0 Å². The van der Waals surface area contributed by atoms with Crippen LogP contribution in [0.25, 0.3) is 21.9 Å². The molecule has 0 radical (unpaired) electrons. The lowest BCUT2D eigenvalue weighted by Crippen LogP contribution is -2.49. The highest BCUT2D eigenvalue weighted by Crippen LogP contribution is 2.61. The number of aromatic carboxylic acids is 1. The normalized spacial score (nSPS) is 25.0. The summed E-state index contributed by atoms with van der Waals surface area (Å²) in [6.07, 6.45) is 10.6. The summed E-state index contributed by atoms with van der Waals surface area (Å²) in [5.74, 6) is 1.77. The lowest BCUT2D eigenvalue weighted by atomic mass is 9.47. The van der Waals surface area contributed by atoms with E-state index in [1.165, 1.54) is 55.2 Å². The average Bonchev–Trinajstić information content (AvgIpc) is 2.95. The van der Waals surface area contributed by atoms with Gasteiger partial charge in [-0.2, -0.15) is 0 Å². The summed E-state index contributed by atoms with van der Waals surface area (Å²) in [6, 6.07) is 27.5. The molecule has 4 aliphatic rings. The van der Waals surface area contributed by atoms with E-state index in [0.717, 1.165) is 52.5 Å². The largest absolute Gasteiger partial charge is 0.478 e. The third-order valence-corrected chi connectivity index (χ3v) is 10.2. The molecule has 4 bridgehead atoms. The number of fused-ring (bicyclic) bond motifs is 1. The first kappa shape index (κ1) is 25.5. The first-order valence-corrected chi connectivity index (χ1v) is 15.1. The summed E-state index contributed by atoms with van der Waals surface area (Å²) in [7, 11) is 0. The molecule has 40 heavy (non-hydrogen) atoms. The number of carboxylic acids is 1. The Kier molecular flexibility index (Phi) is 6.51. The van der Waals surface area contributed by atoms with Gasteiger partial charge in [0, 0.05) is 6.61 Å². The third kappa shape index (κ3) is 4.55. The SMILES string of the molecule is O=C(O)c1ccc2cc(-c3ccc(CCCO)c(C45CC6CC(CC(C6)C4)C5)c3)ccc2c1Cc1ccccc1. The molecule has 0 unspecified atom stereocenters. The highest BCUT2D eigenvalue weighted by molar-refractivity contribution is 5.99.